The van der Waals surface area contributed by atoms with E-state index in [1.807, 2.05) is 30.3 Å². The second-order valence-electron chi connectivity index (χ2n) is 9.30. The second kappa shape index (κ2) is 14.9. The van der Waals surface area contributed by atoms with Crippen LogP contribution in [0.25, 0.3) is 0 Å². The molecule has 10 heteroatoms. The molecule has 0 fully saturated rings. The summed E-state index contributed by atoms with van der Waals surface area (Å²) in [7, 11) is 2.34. The van der Waals surface area contributed by atoms with Gasteiger partial charge in [-0.15, -0.1) is 0 Å². The third kappa shape index (κ3) is 9.66. The highest BCUT2D eigenvalue weighted by Crippen LogP contribution is 2.37. The molecule has 0 bridgehead atoms. The Bertz CT molecular complexity index is 1310. The lowest BCUT2D eigenvalue weighted by molar-refractivity contribution is -0.139. The molecule has 218 valence electrons. The largest absolute Gasteiger partial charge is 0.493 e. The fourth-order valence-corrected chi connectivity index (χ4v) is 4.17. The number of rotatable bonds is 13. The van der Waals surface area contributed by atoms with Crippen molar-refractivity contribution in [3.05, 3.63) is 94.5 Å². The average Bonchev–Trinajstić information content (AvgIpc) is 2.97. The van der Waals surface area contributed by atoms with Crippen LogP contribution in [0.5, 0.6) is 5.75 Å². The van der Waals surface area contributed by atoms with Gasteiger partial charge in [-0.3, -0.25) is 4.79 Å². The van der Waals surface area contributed by atoms with Gasteiger partial charge in [0.2, 0.25) is 5.91 Å². The molecule has 7 nitrogen and oxygen atoms in total. The minimum Gasteiger partial charge on any atom is -0.493 e. The summed E-state index contributed by atoms with van der Waals surface area (Å²) < 4.78 is 56.1. The number of hydrogen-bond donors (Lipinski definition) is 1. The van der Waals surface area contributed by atoms with Crippen LogP contribution in [0.4, 0.5) is 18.9 Å². The molecule has 1 N–H and O–H groups in total. The number of amides is 1. The van der Waals surface area contributed by atoms with Crippen LogP contribution in [0, 0.1) is 0 Å². The SMILES string of the molecule is COC(=O)c1cc(NC(=O)CCc2ccc(OCCCCCc3ccccc3)c(C(F)(F)F)c2)cc(C(=O)OC)c1. The Kier molecular flexibility index (Phi) is 11.3. The first-order valence-electron chi connectivity index (χ1n) is 13.1. The predicted octanol–water partition coefficient (Wildman–Crippen LogP) is 6.64. The molecule has 0 aliphatic rings. The molecule has 0 saturated carbocycles. The van der Waals surface area contributed by atoms with E-state index in [1.54, 1.807) is 0 Å². The maximum absolute atomic E-state index is 13.8. The van der Waals surface area contributed by atoms with Gasteiger partial charge in [0.25, 0.3) is 0 Å². The maximum atomic E-state index is 13.8. The average molecular weight is 572 g/mol. The van der Waals surface area contributed by atoms with Crippen molar-refractivity contribution in [2.45, 2.75) is 44.7 Å². The number of hydrogen-bond acceptors (Lipinski definition) is 6. The molecule has 0 aromatic heterocycles. The molecule has 3 aromatic rings. The highest BCUT2D eigenvalue weighted by Gasteiger charge is 2.34. The fraction of sp³-hybridized carbons (Fsp3) is 0.323. The number of unbranched alkanes of at least 4 members (excludes halogenated alkanes) is 2. The molecule has 0 saturated heterocycles. The molecule has 41 heavy (non-hydrogen) atoms. The Balaban J connectivity index is 1.57. The Labute approximate surface area is 236 Å². The molecule has 3 aromatic carbocycles. The van der Waals surface area contributed by atoms with Crippen molar-refractivity contribution < 1.29 is 41.8 Å². The summed E-state index contributed by atoms with van der Waals surface area (Å²) in [5, 5.41) is 2.56. The van der Waals surface area contributed by atoms with Crippen molar-refractivity contribution in [3.63, 3.8) is 0 Å². The molecule has 0 aliphatic heterocycles. The summed E-state index contributed by atoms with van der Waals surface area (Å²) in [6.45, 7) is 0.165. The van der Waals surface area contributed by atoms with Crippen LogP contribution in [-0.4, -0.2) is 38.7 Å². The Hall–Kier alpha value is -4.34. The molecule has 1 amide bonds. The van der Waals surface area contributed by atoms with E-state index in [2.05, 4.69) is 14.8 Å². The molecular formula is C31H32F3NO6. The van der Waals surface area contributed by atoms with E-state index in [9.17, 15) is 27.6 Å². The topological polar surface area (TPSA) is 90.9 Å². The van der Waals surface area contributed by atoms with Gasteiger partial charge in [0.05, 0.1) is 37.5 Å². The number of carbonyl (C=O) groups excluding carboxylic acids is 3. The fourth-order valence-electron chi connectivity index (χ4n) is 4.17. The van der Waals surface area contributed by atoms with Crippen molar-refractivity contribution in [1.82, 2.24) is 0 Å². The molecule has 0 heterocycles. The van der Waals surface area contributed by atoms with Gasteiger partial charge in [0, 0.05) is 12.1 Å². The van der Waals surface area contributed by atoms with Gasteiger partial charge in [-0.1, -0.05) is 36.4 Å². The number of halogens is 3. The number of methoxy groups -OCH3 is 2. The first-order valence-corrected chi connectivity index (χ1v) is 13.1. The van der Waals surface area contributed by atoms with Crippen LogP contribution in [0.2, 0.25) is 0 Å². The van der Waals surface area contributed by atoms with Gasteiger partial charge in [-0.05, 0) is 73.6 Å². The third-order valence-corrected chi connectivity index (χ3v) is 6.26. The van der Waals surface area contributed by atoms with Gasteiger partial charge in [0.1, 0.15) is 5.75 Å². The van der Waals surface area contributed by atoms with E-state index in [0.29, 0.717) is 12.0 Å². The normalized spacial score (nSPS) is 11.0. The second-order valence-corrected chi connectivity index (χ2v) is 9.30. The zero-order chi connectivity index (χ0) is 29.8. The van der Waals surface area contributed by atoms with Crippen molar-refractivity contribution >= 4 is 23.5 Å². The summed E-state index contributed by atoms with van der Waals surface area (Å²) >= 11 is 0. The lowest BCUT2D eigenvalue weighted by Gasteiger charge is -2.15. The van der Waals surface area contributed by atoms with Gasteiger partial charge >= 0.3 is 18.1 Å². The van der Waals surface area contributed by atoms with E-state index < -0.39 is 29.6 Å². The van der Waals surface area contributed by atoms with Crippen LogP contribution in [0.3, 0.4) is 0 Å². The Morgan fingerprint density at radius 1 is 0.756 bits per heavy atom. The summed E-state index contributed by atoms with van der Waals surface area (Å²) in [6.07, 6.45) is -1.48. The highest BCUT2D eigenvalue weighted by atomic mass is 19.4. The van der Waals surface area contributed by atoms with E-state index in [4.69, 9.17) is 4.74 Å². The zero-order valence-electron chi connectivity index (χ0n) is 22.9. The van der Waals surface area contributed by atoms with Gasteiger partial charge in [-0.25, -0.2) is 9.59 Å². The number of esters is 2. The molecule has 0 unspecified atom stereocenters. The lowest BCUT2D eigenvalue weighted by atomic mass is 10.0. The molecular weight excluding hydrogens is 539 g/mol. The number of anilines is 1. The van der Waals surface area contributed by atoms with Gasteiger partial charge < -0.3 is 19.5 Å². The molecule has 3 rings (SSSR count). The third-order valence-electron chi connectivity index (χ3n) is 6.26. The first kappa shape index (κ1) is 31.2. The molecule has 0 radical (unpaired) electrons. The Morgan fingerprint density at radius 3 is 2.02 bits per heavy atom. The minimum absolute atomic E-state index is 0.0207. The van der Waals surface area contributed by atoms with Crippen LogP contribution < -0.4 is 10.1 Å². The van der Waals surface area contributed by atoms with Crippen molar-refractivity contribution in [1.29, 1.82) is 0 Å². The minimum atomic E-state index is -4.63. The van der Waals surface area contributed by atoms with Gasteiger partial charge in [0.15, 0.2) is 0 Å². The van der Waals surface area contributed by atoms with E-state index in [0.717, 1.165) is 25.3 Å². The van der Waals surface area contributed by atoms with Crippen molar-refractivity contribution in [2.24, 2.45) is 0 Å². The summed E-state index contributed by atoms with van der Waals surface area (Å²) in [4.78, 5) is 36.4. The van der Waals surface area contributed by atoms with Crippen LogP contribution in [0.15, 0.2) is 66.7 Å². The van der Waals surface area contributed by atoms with Gasteiger partial charge in [-0.2, -0.15) is 13.2 Å². The Morgan fingerprint density at radius 2 is 1.41 bits per heavy atom. The molecule has 0 spiro atoms. The maximum Gasteiger partial charge on any atom is 0.419 e. The summed E-state index contributed by atoms with van der Waals surface area (Å²) in [6, 6.07) is 17.7. The molecule has 0 aliphatic carbocycles. The number of alkyl halides is 3. The lowest BCUT2D eigenvalue weighted by Crippen LogP contribution is -2.15. The van der Waals surface area contributed by atoms with Crippen molar-refractivity contribution in [2.75, 3.05) is 26.1 Å². The smallest absolute Gasteiger partial charge is 0.419 e. The number of carbonyl (C=O) groups is 3. The summed E-state index contributed by atoms with van der Waals surface area (Å²) in [5.41, 5.74) is 0.813. The molecule has 0 atom stereocenters. The van der Waals surface area contributed by atoms with Crippen LogP contribution in [0.1, 0.15) is 63.1 Å². The van der Waals surface area contributed by atoms with Crippen molar-refractivity contribution in [3.8, 4) is 5.75 Å². The van der Waals surface area contributed by atoms with Crippen LogP contribution >= 0.6 is 0 Å². The van der Waals surface area contributed by atoms with E-state index in [1.165, 1.54) is 50.1 Å². The summed E-state index contributed by atoms with van der Waals surface area (Å²) in [5.74, 6) is -2.21. The van der Waals surface area contributed by atoms with E-state index >= 15 is 0 Å². The highest BCUT2D eigenvalue weighted by molar-refractivity contribution is 5.99. The number of ether oxygens (including phenoxy) is 3. The first-order chi connectivity index (χ1) is 19.6. The number of nitrogens with one attached hydrogen (secondary N) is 1. The zero-order valence-corrected chi connectivity index (χ0v) is 22.9. The predicted molar refractivity (Wildman–Crippen MR) is 147 cm³/mol. The quantitative estimate of drug-likeness (QED) is 0.183. The monoisotopic (exact) mass is 571 g/mol. The number of benzene rings is 3. The number of aryl methyl sites for hydroxylation is 2. The standard InChI is InChI=1S/C31H32F3NO6/c1-39-29(37)23-18-24(30(38)40-2)20-25(19-23)35-28(36)15-13-22-12-14-27(26(17-22)31(32,33)34)41-16-8-4-7-11-21-9-5-3-6-10-21/h3,5-6,9-10,12,14,17-20H,4,7-8,11,13,15-16H2,1-2H3,(H,35,36). The van der Waals surface area contributed by atoms with E-state index in [-0.39, 0.29) is 42.0 Å². The van der Waals surface area contributed by atoms with Crippen LogP contribution in [-0.2, 0) is 33.3 Å².